The third kappa shape index (κ3) is 3.63. The Bertz CT molecular complexity index is 880. The van der Waals surface area contributed by atoms with E-state index in [1.165, 1.54) is 0 Å². The van der Waals surface area contributed by atoms with E-state index in [4.69, 9.17) is 4.74 Å². The smallest absolute Gasteiger partial charge is 0.348 e. The molecule has 1 aromatic carbocycles. The summed E-state index contributed by atoms with van der Waals surface area (Å²) in [5.74, 6) is -0.459. The number of hydrogen-bond donors (Lipinski definition) is 1. The zero-order chi connectivity index (χ0) is 18.8. The SMILES string of the molecule is Cc1c(C(=O)OC(C)C)sc(NC(=O)C2CC2c2ccccc2)c1C#N. The van der Waals surface area contributed by atoms with Gasteiger partial charge in [0.15, 0.2) is 0 Å². The Balaban J connectivity index is 1.75. The molecule has 1 aromatic heterocycles. The Morgan fingerprint density at radius 3 is 2.62 bits per heavy atom. The van der Waals surface area contributed by atoms with E-state index in [1.807, 2.05) is 30.3 Å². The number of ether oxygens (including phenoxy) is 1. The van der Waals surface area contributed by atoms with Crippen molar-refractivity contribution in [3.05, 3.63) is 51.9 Å². The van der Waals surface area contributed by atoms with Gasteiger partial charge in [-0.3, -0.25) is 4.79 Å². The van der Waals surface area contributed by atoms with E-state index in [9.17, 15) is 14.9 Å². The molecule has 0 spiro atoms. The first kappa shape index (κ1) is 18.2. The first-order chi connectivity index (χ1) is 12.4. The van der Waals surface area contributed by atoms with E-state index in [0.717, 1.165) is 23.3 Å². The lowest BCUT2D eigenvalue weighted by atomic mass is 10.1. The third-order valence-corrected chi connectivity index (χ3v) is 5.57. The minimum Gasteiger partial charge on any atom is -0.459 e. The number of hydrogen-bond acceptors (Lipinski definition) is 5. The molecule has 1 heterocycles. The molecule has 1 N–H and O–H groups in total. The van der Waals surface area contributed by atoms with Gasteiger partial charge in [0.05, 0.1) is 11.7 Å². The molecule has 2 aromatic rings. The second kappa shape index (κ2) is 7.30. The van der Waals surface area contributed by atoms with Gasteiger partial charge in [0.1, 0.15) is 15.9 Å². The van der Waals surface area contributed by atoms with Crippen molar-refractivity contribution >= 4 is 28.2 Å². The minimum atomic E-state index is -0.465. The number of benzene rings is 1. The lowest BCUT2D eigenvalue weighted by molar-refractivity contribution is -0.117. The van der Waals surface area contributed by atoms with E-state index in [1.54, 1.807) is 20.8 Å². The number of carbonyl (C=O) groups is 2. The van der Waals surface area contributed by atoms with Crippen molar-refractivity contribution in [1.82, 2.24) is 0 Å². The molecule has 5 nitrogen and oxygen atoms in total. The van der Waals surface area contributed by atoms with Crippen LogP contribution in [-0.4, -0.2) is 18.0 Å². The number of thiophene rings is 1. The van der Waals surface area contributed by atoms with Gasteiger partial charge in [-0.25, -0.2) is 4.79 Å². The second-order valence-corrected chi connectivity index (χ2v) is 7.70. The molecule has 0 radical (unpaired) electrons. The van der Waals surface area contributed by atoms with E-state index < -0.39 is 5.97 Å². The summed E-state index contributed by atoms with van der Waals surface area (Å²) < 4.78 is 5.22. The van der Waals surface area contributed by atoms with Gasteiger partial charge in [0, 0.05) is 5.92 Å². The van der Waals surface area contributed by atoms with E-state index in [-0.39, 0.29) is 23.8 Å². The van der Waals surface area contributed by atoms with E-state index in [0.29, 0.717) is 21.0 Å². The monoisotopic (exact) mass is 368 g/mol. The predicted molar refractivity (Wildman–Crippen MR) is 100 cm³/mol. The van der Waals surface area contributed by atoms with Crippen LogP contribution in [0.5, 0.6) is 0 Å². The lowest BCUT2D eigenvalue weighted by Gasteiger charge is -2.06. The van der Waals surface area contributed by atoms with Crippen LogP contribution >= 0.6 is 11.3 Å². The molecule has 134 valence electrons. The van der Waals surface area contributed by atoms with Crippen molar-refractivity contribution in [1.29, 1.82) is 5.26 Å². The highest BCUT2D eigenvalue weighted by atomic mass is 32.1. The second-order valence-electron chi connectivity index (χ2n) is 6.67. The van der Waals surface area contributed by atoms with Crippen molar-refractivity contribution in [2.24, 2.45) is 5.92 Å². The van der Waals surface area contributed by atoms with Gasteiger partial charge in [-0.05, 0) is 44.2 Å². The molecule has 1 fully saturated rings. The first-order valence-corrected chi connectivity index (χ1v) is 9.34. The predicted octanol–water partition coefficient (Wildman–Crippen LogP) is 4.24. The van der Waals surface area contributed by atoms with Crippen molar-refractivity contribution in [3.63, 3.8) is 0 Å². The van der Waals surface area contributed by atoms with Crippen molar-refractivity contribution in [3.8, 4) is 6.07 Å². The van der Waals surface area contributed by atoms with Crippen LogP contribution in [-0.2, 0) is 9.53 Å². The molecule has 1 saturated carbocycles. The van der Waals surface area contributed by atoms with Gasteiger partial charge < -0.3 is 10.1 Å². The zero-order valence-electron chi connectivity index (χ0n) is 14.9. The molecule has 1 amide bonds. The molecule has 3 rings (SSSR count). The van der Waals surface area contributed by atoms with Gasteiger partial charge >= 0.3 is 5.97 Å². The normalized spacial score (nSPS) is 18.3. The molecule has 0 bridgehead atoms. The molecule has 6 heteroatoms. The first-order valence-electron chi connectivity index (χ1n) is 8.52. The summed E-state index contributed by atoms with van der Waals surface area (Å²) in [6, 6.07) is 12.0. The van der Waals surface area contributed by atoms with Gasteiger partial charge in [-0.1, -0.05) is 30.3 Å². The summed E-state index contributed by atoms with van der Waals surface area (Å²) in [5, 5.41) is 12.7. The van der Waals surface area contributed by atoms with Crippen LogP contribution in [0.15, 0.2) is 30.3 Å². The van der Waals surface area contributed by atoms with Crippen molar-refractivity contribution < 1.29 is 14.3 Å². The number of nitrogens with one attached hydrogen (secondary N) is 1. The summed E-state index contributed by atoms with van der Waals surface area (Å²) >= 11 is 1.10. The fourth-order valence-electron chi connectivity index (χ4n) is 2.96. The third-order valence-electron chi connectivity index (χ3n) is 4.38. The Morgan fingerprint density at radius 2 is 2.00 bits per heavy atom. The molecule has 1 aliphatic rings. The van der Waals surface area contributed by atoms with Crippen LogP contribution in [0.25, 0.3) is 0 Å². The lowest BCUT2D eigenvalue weighted by Crippen LogP contribution is -2.14. The molecule has 0 aliphatic heterocycles. The van der Waals surface area contributed by atoms with Gasteiger partial charge in [0.2, 0.25) is 5.91 Å². The van der Waals surface area contributed by atoms with Crippen LogP contribution < -0.4 is 5.32 Å². The maximum absolute atomic E-state index is 12.6. The summed E-state index contributed by atoms with van der Waals surface area (Å²) in [4.78, 5) is 25.1. The van der Waals surface area contributed by atoms with Crippen LogP contribution in [0.3, 0.4) is 0 Å². The van der Waals surface area contributed by atoms with Gasteiger partial charge in [-0.15, -0.1) is 11.3 Å². The van der Waals surface area contributed by atoms with Gasteiger partial charge in [-0.2, -0.15) is 5.26 Å². The average Bonchev–Trinajstić information content (AvgIpc) is 3.34. The summed E-state index contributed by atoms with van der Waals surface area (Å²) in [6.07, 6.45) is 0.551. The summed E-state index contributed by atoms with van der Waals surface area (Å²) in [6.45, 7) is 5.24. The number of nitrogens with zero attached hydrogens (tertiary/aromatic N) is 1. The van der Waals surface area contributed by atoms with Crippen molar-refractivity contribution in [2.45, 2.75) is 39.2 Å². The molecular weight excluding hydrogens is 348 g/mol. The molecule has 26 heavy (non-hydrogen) atoms. The van der Waals surface area contributed by atoms with Crippen LogP contribution in [0.2, 0.25) is 0 Å². The molecule has 2 unspecified atom stereocenters. The maximum Gasteiger partial charge on any atom is 0.348 e. The summed E-state index contributed by atoms with van der Waals surface area (Å²) in [7, 11) is 0. The Morgan fingerprint density at radius 1 is 1.31 bits per heavy atom. The molecule has 1 aliphatic carbocycles. The van der Waals surface area contributed by atoms with E-state index in [2.05, 4.69) is 11.4 Å². The number of anilines is 1. The number of carbonyl (C=O) groups excluding carboxylic acids is 2. The largest absolute Gasteiger partial charge is 0.459 e. The van der Waals surface area contributed by atoms with Gasteiger partial charge in [0.25, 0.3) is 0 Å². The standard InChI is InChI=1S/C20H20N2O3S/c1-11(2)25-20(24)17-12(3)16(10-21)19(26-17)22-18(23)15-9-14(15)13-7-5-4-6-8-13/h4-8,11,14-15H,9H2,1-3H3,(H,22,23). The van der Waals surface area contributed by atoms with Crippen LogP contribution in [0, 0.1) is 24.2 Å². The maximum atomic E-state index is 12.6. The number of amides is 1. The average molecular weight is 368 g/mol. The van der Waals surface area contributed by atoms with Crippen LogP contribution in [0.4, 0.5) is 5.00 Å². The van der Waals surface area contributed by atoms with E-state index >= 15 is 0 Å². The quantitative estimate of drug-likeness (QED) is 0.801. The van der Waals surface area contributed by atoms with Crippen LogP contribution in [0.1, 0.15) is 52.5 Å². The minimum absolute atomic E-state index is 0.0996. The number of esters is 1. The zero-order valence-corrected chi connectivity index (χ0v) is 15.7. The number of rotatable bonds is 5. The number of nitriles is 1. The topological polar surface area (TPSA) is 79.2 Å². The fraction of sp³-hybridized carbons (Fsp3) is 0.350. The highest BCUT2D eigenvalue weighted by molar-refractivity contribution is 7.18. The highest BCUT2D eigenvalue weighted by Gasteiger charge is 2.44. The summed E-state index contributed by atoms with van der Waals surface area (Å²) in [5.41, 5.74) is 2.03. The van der Waals surface area contributed by atoms with Crippen molar-refractivity contribution in [2.75, 3.05) is 5.32 Å². The molecular formula is C20H20N2O3S. The Labute approximate surface area is 156 Å². The molecule has 2 atom stereocenters. The fourth-order valence-corrected chi connectivity index (χ4v) is 4.00. The Hall–Kier alpha value is -2.65. The molecule has 0 saturated heterocycles. The highest BCUT2D eigenvalue weighted by Crippen LogP contribution is 2.48. The Kier molecular flexibility index (Phi) is 5.10.